The van der Waals surface area contributed by atoms with Crippen LogP contribution in [0, 0.1) is 5.92 Å². The predicted molar refractivity (Wildman–Crippen MR) is 75.7 cm³/mol. The summed E-state index contributed by atoms with van der Waals surface area (Å²) in [6.45, 7) is 8.57. The minimum absolute atomic E-state index is 0.466. The molecule has 3 nitrogen and oxygen atoms in total. The van der Waals surface area contributed by atoms with E-state index in [1.165, 1.54) is 45.3 Å². The Labute approximate surface area is 112 Å². The van der Waals surface area contributed by atoms with Crippen molar-refractivity contribution in [3.8, 4) is 0 Å². The lowest BCUT2D eigenvalue weighted by molar-refractivity contribution is -0.0136. The van der Waals surface area contributed by atoms with Gasteiger partial charge in [0, 0.05) is 19.1 Å². The van der Waals surface area contributed by atoms with E-state index in [-0.39, 0.29) is 0 Å². The molecule has 2 fully saturated rings. The van der Waals surface area contributed by atoms with E-state index in [4.69, 9.17) is 0 Å². The van der Waals surface area contributed by atoms with Gasteiger partial charge in [0.15, 0.2) is 0 Å². The standard InChI is InChI=1S/C15H30N2O/c1-3-15(18,4-2)12-17-9-5-6-13(11-17)10-16-14-7-8-14/h13-14,16,18H,3-12H2,1-2H3. The Morgan fingerprint density at radius 1 is 1.22 bits per heavy atom. The lowest BCUT2D eigenvalue weighted by Crippen LogP contribution is -2.47. The Balaban J connectivity index is 1.74. The molecular formula is C15H30N2O. The Hall–Kier alpha value is -0.120. The van der Waals surface area contributed by atoms with Crippen molar-refractivity contribution in [3.05, 3.63) is 0 Å². The molecule has 2 aliphatic rings. The van der Waals surface area contributed by atoms with Gasteiger partial charge in [-0.05, 0) is 57.5 Å². The van der Waals surface area contributed by atoms with Crippen molar-refractivity contribution >= 4 is 0 Å². The summed E-state index contributed by atoms with van der Waals surface area (Å²) >= 11 is 0. The monoisotopic (exact) mass is 254 g/mol. The third-order valence-electron chi connectivity index (χ3n) is 4.71. The van der Waals surface area contributed by atoms with Crippen LogP contribution in [0.3, 0.4) is 0 Å². The average Bonchev–Trinajstić information content (AvgIpc) is 3.21. The highest BCUT2D eigenvalue weighted by Crippen LogP contribution is 2.23. The molecule has 1 saturated heterocycles. The summed E-state index contributed by atoms with van der Waals surface area (Å²) in [4.78, 5) is 2.48. The molecule has 18 heavy (non-hydrogen) atoms. The quantitative estimate of drug-likeness (QED) is 0.729. The largest absolute Gasteiger partial charge is 0.389 e. The van der Waals surface area contributed by atoms with E-state index in [2.05, 4.69) is 24.1 Å². The molecule has 106 valence electrons. The number of likely N-dealkylation sites (tertiary alicyclic amines) is 1. The van der Waals surface area contributed by atoms with E-state index >= 15 is 0 Å². The van der Waals surface area contributed by atoms with E-state index in [0.29, 0.717) is 0 Å². The fourth-order valence-corrected chi connectivity index (χ4v) is 2.97. The molecule has 0 aromatic rings. The first-order chi connectivity index (χ1) is 8.65. The van der Waals surface area contributed by atoms with Crippen molar-refractivity contribution in [1.29, 1.82) is 0 Å². The van der Waals surface area contributed by atoms with Gasteiger partial charge in [0.2, 0.25) is 0 Å². The number of nitrogens with zero attached hydrogens (tertiary/aromatic N) is 1. The number of rotatable bonds is 7. The highest BCUT2D eigenvalue weighted by molar-refractivity contribution is 4.86. The van der Waals surface area contributed by atoms with Crippen molar-refractivity contribution in [1.82, 2.24) is 10.2 Å². The SMILES string of the molecule is CCC(O)(CC)CN1CCCC(CNC2CC2)C1. The van der Waals surface area contributed by atoms with Crippen molar-refractivity contribution in [3.63, 3.8) is 0 Å². The smallest absolute Gasteiger partial charge is 0.0768 e. The van der Waals surface area contributed by atoms with E-state index in [1.54, 1.807) is 0 Å². The van der Waals surface area contributed by atoms with E-state index in [0.717, 1.165) is 31.3 Å². The molecule has 1 atom stereocenters. The fourth-order valence-electron chi connectivity index (χ4n) is 2.97. The fraction of sp³-hybridized carbons (Fsp3) is 1.00. The maximum Gasteiger partial charge on any atom is 0.0768 e. The highest BCUT2D eigenvalue weighted by Gasteiger charge is 2.29. The second-order valence-corrected chi connectivity index (χ2v) is 6.36. The topological polar surface area (TPSA) is 35.5 Å². The number of piperidine rings is 1. The summed E-state index contributed by atoms with van der Waals surface area (Å²) in [7, 11) is 0. The van der Waals surface area contributed by atoms with Gasteiger partial charge in [-0.2, -0.15) is 0 Å². The lowest BCUT2D eigenvalue weighted by atomic mass is 9.93. The molecule has 0 bridgehead atoms. The van der Waals surface area contributed by atoms with Gasteiger partial charge in [-0.3, -0.25) is 0 Å². The summed E-state index contributed by atoms with van der Waals surface area (Å²) in [6.07, 6.45) is 7.13. The van der Waals surface area contributed by atoms with Gasteiger partial charge < -0.3 is 15.3 Å². The van der Waals surface area contributed by atoms with Crippen LogP contribution < -0.4 is 5.32 Å². The Bertz CT molecular complexity index is 249. The number of aliphatic hydroxyl groups is 1. The zero-order chi connectivity index (χ0) is 13.0. The molecular weight excluding hydrogens is 224 g/mol. The van der Waals surface area contributed by atoms with Crippen molar-refractivity contribution in [2.75, 3.05) is 26.2 Å². The van der Waals surface area contributed by atoms with Crippen LogP contribution in [0.25, 0.3) is 0 Å². The Morgan fingerprint density at radius 3 is 2.56 bits per heavy atom. The Morgan fingerprint density at radius 2 is 1.94 bits per heavy atom. The number of hydrogen-bond acceptors (Lipinski definition) is 3. The summed E-state index contributed by atoms with van der Waals surface area (Å²) in [5.41, 5.74) is -0.466. The first kappa shape index (κ1) is 14.3. The molecule has 3 heteroatoms. The van der Waals surface area contributed by atoms with Crippen molar-refractivity contribution in [2.24, 2.45) is 5.92 Å². The van der Waals surface area contributed by atoms with Crippen LogP contribution in [0.4, 0.5) is 0 Å². The van der Waals surface area contributed by atoms with E-state index in [9.17, 15) is 5.11 Å². The minimum atomic E-state index is -0.466. The highest BCUT2D eigenvalue weighted by atomic mass is 16.3. The molecule has 2 rings (SSSR count). The Kier molecular flexibility index (Phi) is 5.05. The van der Waals surface area contributed by atoms with Crippen molar-refractivity contribution < 1.29 is 5.11 Å². The average molecular weight is 254 g/mol. The lowest BCUT2D eigenvalue weighted by Gasteiger charge is -2.38. The molecule has 0 spiro atoms. The van der Waals surface area contributed by atoms with Crippen LogP contribution in [0.15, 0.2) is 0 Å². The van der Waals surface area contributed by atoms with Crippen LogP contribution in [0.1, 0.15) is 52.4 Å². The first-order valence-corrected chi connectivity index (χ1v) is 7.83. The van der Waals surface area contributed by atoms with Crippen LogP contribution in [-0.2, 0) is 0 Å². The van der Waals surface area contributed by atoms with Crippen LogP contribution in [-0.4, -0.2) is 47.8 Å². The van der Waals surface area contributed by atoms with Gasteiger partial charge in [-0.1, -0.05) is 13.8 Å². The van der Waals surface area contributed by atoms with Crippen LogP contribution in [0.2, 0.25) is 0 Å². The summed E-state index contributed by atoms with van der Waals surface area (Å²) in [5, 5.41) is 14.1. The molecule has 0 radical (unpaired) electrons. The zero-order valence-corrected chi connectivity index (χ0v) is 12.1. The van der Waals surface area contributed by atoms with Crippen LogP contribution in [0.5, 0.6) is 0 Å². The van der Waals surface area contributed by atoms with Gasteiger partial charge in [0.05, 0.1) is 5.60 Å². The molecule has 1 heterocycles. The third-order valence-corrected chi connectivity index (χ3v) is 4.71. The summed E-state index contributed by atoms with van der Waals surface area (Å²) in [6, 6.07) is 0.823. The molecule has 1 saturated carbocycles. The molecule has 1 aliphatic heterocycles. The summed E-state index contributed by atoms with van der Waals surface area (Å²) < 4.78 is 0. The van der Waals surface area contributed by atoms with Gasteiger partial charge in [0.25, 0.3) is 0 Å². The number of β-amino-alcohol motifs (C(OH)–C–C–N with tert-alkyl or cyclic N) is 1. The second-order valence-electron chi connectivity index (χ2n) is 6.36. The maximum atomic E-state index is 10.4. The third kappa shape index (κ3) is 4.22. The molecule has 1 aliphatic carbocycles. The zero-order valence-electron chi connectivity index (χ0n) is 12.1. The molecule has 0 amide bonds. The minimum Gasteiger partial charge on any atom is -0.389 e. The summed E-state index contributed by atoms with van der Waals surface area (Å²) in [5.74, 6) is 0.789. The normalized spacial score (nSPS) is 26.5. The molecule has 1 unspecified atom stereocenters. The van der Waals surface area contributed by atoms with Gasteiger partial charge >= 0.3 is 0 Å². The van der Waals surface area contributed by atoms with Gasteiger partial charge in [-0.15, -0.1) is 0 Å². The molecule has 0 aromatic carbocycles. The van der Waals surface area contributed by atoms with Crippen LogP contribution >= 0.6 is 0 Å². The van der Waals surface area contributed by atoms with E-state index < -0.39 is 5.60 Å². The predicted octanol–water partition coefficient (Wildman–Crippen LogP) is 2.00. The van der Waals surface area contributed by atoms with Crippen molar-refractivity contribution in [2.45, 2.75) is 64.0 Å². The second kappa shape index (κ2) is 6.36. The number of nitrogens with one attached hydrogen (secondary N) is 1. The molecule has 0 aromatic heterocycles. The first-order valence-electron chi connectivity index (χ1n) is 7.83. The number of hydrogen-bond donors (Lipinski definition) is 2. The molecule has 2 N–H and O–H groups in total. The van der Waals surface area contributed by atoms with E-state index in [1.807, 2.05) is 0 Å². The van der Waals surface area contributed by atoms with Gasteiger partial charge in [0.1, 0.15) is 0 Å². The van der Waals surface area contributed by atoms with Gasteiger partial charge in [-0.25, -0.2) is 0 Å². The maximum absolute atomic E-state index is 10.4.